The van der Waals surface area contributed by atoms with Crippen molar-refractivity contribution in [2.75, 3.05) is 18.4 Å². The van der Waals surface area contributed by atoms with E-state index >= 15 is 0 Å². The Balaban J connectivity index is 0.00000133. The number of hydrogen-bond acceptors (Lipinski definition) is 3. The summed E-state index contributed by atoms with van der Waals surface area (Å²) in [5, 5.41) is 8.27. The van der Waals surface area contributed by atoms with E-state index in [4.69, 9.17) is 0 Å². The van der Waals surface area contributed by atoms with Gasteiger partial charge in [0.2, 0.25) is 0 Å². The molecule has 5 heteroatoms. The molecule has 1 aromatic carbocycles. The number of hydrogen-bond donors (Lipinski definition) is 2. The molecule has 0 saturated carbocycles. The molecule has 1 aromatic heterocycles. The molecule has 1 aliphatic rings. The quantitative estimate of drug-likeness (QED) is 0.889. The van der Waals surface area contributed by atoms with Crippen LogP contribution in [0.1, 0.15) is 12.8 Å². The molecule has 1 fully saturated rings. The smallest absolute Gasteiger partial charge is 0.151 e. The van der Waals surface area contributed by atoms with E-state index in [-0.39, 0.29) is 18.2 Å². The normalized spacial score (nSPS) is 16.1. The minimum Gasteiger partial charge on any atom is -0.382 e. The van der Waals surface area contributed by atoms with Crippen LogP contribution in [0.4, 0.5) is 10.1 Å². The molecular formula is C14H17ClFN3. The first-order valence-electron chi connectivity index (χ1n) is 6.34. The molecule has 0 spiro atoms. The van der Waals surface area contributed by atoms with Crippen molar-refractivity contribution in [3.63, 3.8) is 0 Å². The van der Waals surface area contributed by atoms with E-state index in [0.29, 0.717) is 11.4 Å². The van der Waals surface area contributed by atoms with Crippen molar-refractivity contribution in [3.05, 3.63) is 36.4 Å². The monoisotopic (exact) mass is 281 g/mol. The zero-order valence-electron chi connectivity index (χ0n) is 10.5. The molecule has 0 radical (unpaired) electrons. The van der Waals surface area contributed by atoms with Gasteiger partial charge in [0.1, 0.15) is 0 Å². The van der Waals surface area contributed by atoms with Crippen LogP contribution in [0.2, 0.25) is 0 Å². The lowest BCUT2D eigenvalue weighted by Gasteiger charge is -2.25. The predicted octanol–water partition coefficient (Wildman–Crippen LogP) is 2.96. The predicted molar refractivity (Wildman–Crippen MR) is 78.5 cm³/mol. The third-order valence-corrected chi connectivity index (χ3v) is 3.44. The number of aromatic nitrogens is 1. The molecule has 0 bridgehead atoms. The highest BCUT2D eigenvalue weighted by Crippen LogP contribution is 2.26. The Morgan fingerprint density at radius 2 is 2.00 bits per heavy atom. The number of benzene rings is 1. The van der Waals surface area contributed by atoms with Gasteiger partial charge in [0, 0.05) is 28.7 Å². The topological polar surface area (TPSA) is 37.0 Å². The first-order chi connectivity index (χ1) is 8.84. The molecular weight excluding hydrogens is 265 g/mol. The van der Waals surface area contributed by atoms with Crippen molar-refractivity contribution >= 4 is 28.9 Å². The molecule has 3 rings (SSSR count). The molecule has 102 valence electrons. The number of halogens is 2. The summed E-state index contributed by atoms with van der Waals surface area (Å²) < 4.78 is 13.9. The van der Waals surface area contributed by atoms with E-state index in [9.17, 15) is 4.39 Å². The number of anilines is 1. The largest absolute Gasteiger partial charge is 0.382 e. The fourth-order valence-electron chi connectivity index (χ4n) is 2.50. The Hall–Kier alpha value is -1.39. The van der Waals surface area contributed by atoms with Crippen LogP contribution >= 0.6 is 12.4 Å². The molecule has 2 heterocycles. The fraction of sp³-hybridized carbons (Fsp3) is 0.357. The van der Waals surface area contributed by atoms with Crippen LogP contribution in [0, 0.1) is 5.82 Å². The summed E-state index contributed by atoms with van der Waals surface area (Å²) in [4.78, 5) is 3.89. The first-order valence-corrected chi connectivity index (χ1v) is 6.34. The summed E-state index contributed by atoms with van der Waals surface area (Å²) in [6.45, 7) is 2.04. The second kappa shape index (κ2) is 6.17. The van der Waals surface area contributed by atoms with E-state index in [0.717, 1.165) is 37.0 Å². The summed E-state index contributed by atoms with van der Waals surface area (Å²) in [7, 11) is 0. The third-order valence-electron chi connectivity index (χ3n) is 3.44. The van der Waals surface area contributed by atoms with Crippen LogP contribution in [-0.4, -0.2) is 24.1 Å². The maximum atomic E-state index is 13.9. The van der Waals surface area contributed by atoms with Gasteiger partial charge in [-0.15, -0.1) is 12.4 Å². The summed E-state index contributed by atoms with van der Waals surface area (Å²) in [6, 6.07) is 6.18. The number of nitrogens with zero attached hydrogens (tertiary/aromatic N) is 1. The standard InChI is InChI=1S/C14H16FN3.ClH/c15-12-9-17-8-10-2-1-3-13(14(10)12)18-11-4-6-16-7-5-11;/h1-3,8-9,11,16,18H,4-7H2;1H. The molecule has 2 N–H and O–H groups in total. The zero-order chi connectivity index (χ0) is 12.4. The molecule has 1 aliphatic heterocycles. The van der Waals surface area contributed by atoms with Crippen molar-refractivity contribution < 1.29 is 4.39 Å². The highest BCUT2D eigenvalue weighted by molar-refractivity contribution is 5.93. The highest BCUT2D eigenvalue weighted by atomic mass is 35.5. The summed E-state index contributed by atoms with van der Waals surface area (Å²) in [6.07, 6.45) is 5.12. The Bertz CT molecular complexity index is 550. The average Bonchev–Trinajstić information content (AvgIpc) is 2.40. The third kappa shape index (κ3) is 2.96. The van der Waals surface area contributed by atoms with E-state index in [2.05, 4.69) is 15.6 Å². The Morgan fingerprint density at radius 1 is 1.21 bits per heavy atom. The summed E-state index contributed by atoms with van der Waals surface area (Å²) in [5.41, 5.74) is 0.874. The van der Waals surface area contributed by atoms with Gasteiger partial charge in [-0.05, 0) is 32.0 Å². The van der Waals surface area contributed by atoms with Gasteiger partial charge in [0.05, 0.1) is 6.20 Å². The Labute approximate surface area is 118 Å². The molecule has 0 atom stereocenters. The number of pyridine rings is 1. The zero-order valence-corrected chi connectivity index (χ0v) is 11.3. The van der Waals surface area contributed by atoms with E-state index in [1.807, 2.05) is 18.2 Å². The summed E-state index contributed by atoms with van der Waals surface area (Å²) in [5.74, 6) is -0.260. The van der Waals surface area contributed by atoms with Crippen LogP contribution in [-0.2, 0) is 0 Å². The van der Waals surface area contributed by atoms with Crippen LogP contribution in [0.5, 0.6) is 0 Å². The van der Waals surface area contributed by atoms with Gasteiger partial charge in [-0.1, -0.05) is 12.1 Å². The molecule has 0 aliphatic carbocycles. The van der Waals surface area contributed by atoms with E-state index in [1.165, 1.54) is 6.20 Å². The van der Waals surface area contributed by atoms with Gasteiger partial charge in [-0.25, -0.2) is 4.39 Å². The van der Waals surface area contributed by atoms with Crippen LogP contribution in [0.15, 0.2) is 30.6 Å². The van der Waals surface area contributed by atoms with E-state index < -0.39 is 0 Å². The molecule has 0 unspecified atom stereocenters. The lowest BCUT2D eigenvalue weighted by molar-refractivity contribution is 0.479. The average molecular weight is 282 g/mol. The van der Waals surface area contributed by atoms with Crippen LogP contribution in [0.3, 0.4) is 0 Å². The number of piperidine rings is 1. The molecule has 1 saturated heterocycles. The van der Waals surface area contributed by atoms with Crippen molar-refractivity contribution in [1.82, 2.24) is 10.3 Å². The Morgan fingerprint density at radius 3 is 2.79 bits per heavy atom. The second-order valence-electron chi connectivity index (χ2n) is 4.69. The first kappa shape index (κ1) is 14.0. The van der Waals surface area contributed by atoms with Gasteiger partial charge >= 0.3 is 0 Å². The van der Waals surface area contributed by atoms with Crippen molar-refractivity contribution in [2.45, 2.75) is 18.9 Å². The number of nitrogens with one attached hydrogen (secondary N) is 2. The molecule has 0 amide bonds. The highest BCUT2D eigenvalue weighted by Gasteiger charge is 2.14. The molecule has 3 nitrogen and oxygen atoms in total. The van der Waals surface area contributed by atoms with Crippen LogP contribution < -0.4 is 10.6 Å². The van der Waals surface area contributed by atoms with Crippen molar-refractivity contribution in [1.29, 1.82) is 0 Å². The van der Waals surface area contributed by atoms with E-state index in [1.54, 1.807) is 6.20 Å². The van der Waals surface area contributed by atoms with Crippen molar-refractivity contribution in [3.8, 4) is 0 Å². The Kier molecular flexibility index (Phi) is 4.56. The van der Waals surface area contributed by atoms with Gasteiger partial charge in [-0.2, -0.15) is 0 Å². The van der Waals surface area contributed by atoms with Gasteiger partial charge in [0.15, 0.2) is 5.82 Å². The maximum absolute atomic E-state index is 13.9. The minimum absolute atomic E-state index is 0. The van der Waals surface area contributed by atoms with Crippen LogP contribution in [0.25, 0.3) is 10.8 Å². The second-order valence-corrected chi connectivity index (χ2v) is 4.69. The summed E-state index contributed by atoms with van der Waals surface area (Å²) >= 11 is 0. The lowest BCUT2D eigenvalue weighted by Crippen LogP contribution is -2.35. The molecule has 19 heavy (non-hydrogen) atoms. The number of fused-ring (bicyclic) bond motifs is 1. The molecule has 2 aromatic rings. The SMILES string of the molecule is Cl.Fc1cncc2cccc(NC3CCNCC3)c12. The lowest BCUT2D eigenvalue weighted by atomic mass is 10.0. The van der Waals surface area contributed by atoms with Gasteiger partial charge in [-0.3, -0.25) is 4.98 Å². The van der Waals surface area contributed by atoms with Gasteiger partial charge in [0.25, 0.3) is 0 Å². The maximum Gasteiger partial charge on any atom is 0.151 e. The fourth-order valence-corrected chi connectivity index (χ4v) is 2.50. The van der Waals surface area contributed by atoms with Crippen molar-refractivity contribution in [2.24, 2.45) is 0 Å². The van der Waals surface area contributed by atoms with Gasteiger partial charge < -0.3 is 10.6 Å². The minimum atomic E-state index is -0.260. The number of rotatable bonds is 2.